The van der Waals surface area contributed by atoms with E-state index >= 15 is 0 Å². The lowest BCUT2D eigenvalue weighted by Gasteiger charge is -2.50. The second kappa shape index (κ2) is 7.45. The summed E-state index contributed by atoms with van der Waals surface area (Å²) in [5, 5.41) is 0. The quantitative estimate of drug-likeness (QED) is 0.833. The van der Waals surface area contributed by atoms with Crippen LogP contribution in [0.3, 0.4) is 0 Å². The first-order valence-corrected chi connectivity index (χ1v) is 8.95. The molecule has 0 spiro atoms. The summed E-state index contributed by atoms with van der Waals surface area (Å²) in [5.41, 5.74) is 1.19. The van der Waals surface area contributed by atoms with Crippen LogP contribution in [0.5, 0.6) is 0 Å². The monoisotopic (exact) mass is 340 g/mol. The van der Waals surface area contributed by atoms with E-state index in [1.165, 1.54) is 0 Å². The number of piperidine rings is 1. The lowest BCUT2D eigenvalue weighted by Crippen LogP contribution is -2.57. The maximum atomic E-state index is 6.14. The van der Waals surface area contributed by atoms with Gasteiger partial charge in [-0.1, -0.05) is 0 Å². The highest BCUT2D eigenvalue weighted by Gasteiger charge is 2.46. The maximum Gasteiger partial charge on any atom is 0.131 e. The van der Waals surface area contributed by atoms with Gasteiger partial charge in [0.15, 0.2) is 0 Å². The predicted molar refractivity (Wildman–Crippen MR) is 94.2 cm³/mol. The van der Waals surface area contributed by atoms with Crippen LogP contribution in [0.2, 0.25) is 0 Å². The summed E-state index contributed by atoms with van der Waals surface area (Å²) in [6.07, 6.45) is 10.5. The van der Waals surface area contributed by atoms with E-state index in [0.29, 0.717) is 13.2 Å². The van der Waals surface area contributed by atoms with Crippen molar-refractivity contribution in [2.24, 2.45) is 5.41 Å². The Hall–Kier alpha value is -2.05. The number of hydrogen-bond acceptors (Lipinski definition) is 6. The summed E-state index contributed by atoms with van der Waals surface area (Å²) >= 11 is 0. The molecule has 2 fully saturated rings. The third-order valence-electron chi connectivity index (χ3n) is 5.29. The molecule has 2 aromatic heterocycles. The van der Waals surface area contributed by atoms with Gasteiger partial charge in [0.1, 0.15) is 12.1 Å². The number of rotatable bonds is 5. The van der Waals surface area contributed by atoms with Gasteiger partial charge in [0.25, 0.3) is 0 Å². The van der Waals surface area contributed by atoms with E-state index in [0.717, 1.165) is 50.3 Å². The fraction of sp³-hybridized carbons (Fsp3) is 0.526. The minimum Gasteiger partial charge on any atom is -0.377 e. The zero-order chi connectivity index (χ0) is 17.0. The molecule has 2 aromatic rings. The normalized spacial score (nSPS) is 26.2. The third-order valence-corrected chi connectivity index (χ3v) is 5.29. The molecule has 4 rings (SSSR count). The molecular weight excluding hydrogens is 316 g/mol. The number of nitrogens with zero attached hydrogens (tertiary/aromatic N) is 4. The topological polar surface area (TPSA) is 60.4 Å². The molecule has 4 heterocycles. The van der Waals surface area contributed by atoms with Gasteiger partial charge in [-0.3, -0.25) is 4.98 Å². The average Bonchev–Trinajstić information content (AvgIpc) is 2.69. The third kappa shape index (κ3) is 3.65. The standard InChI is InChI=1S/C19H24N4O2/c1-6-19(14-24-12-16-2-7-20-8-3-16)13-23(10-5-17(19)25-11-1)18-4-9-21-15-22-18/h2-4,7-9,15,17H,1,5-6,10-14H2. The van der Waals surface area contributed by atoms with Crippen LogP contribution in [0.4, 0.5) is 5.82 Å². The zero-order valence-electron chi connectivity index (χ0n) is 14.4. The van der Waals surface area contributed by atoms with E-state index in [-0.39, 0.29) is 11.5 Å². The summed E-state index contributed by atoms with van der Waals surface area (Å²) in [7, 11) is 0. The van der Waals surface area contributed by atoms with Gasteiger partial charge in [0, 0.05) is 43.7 Å². The van der Waals surface area contributed by atoms with Crippen molar-refractivity contribution in [3.63, 3.8) is 0 Å². The maximum absolute atomic E-state index is 6.14. The van der Waals surface area contributed by atoms with Crippen molar-refractivity contribution in [1.82, 2.24) is 15.0 Å². The van der Waals surface area contributed by atoms with Crippen molar-refractivity contribution in [1.29, 1.82) is 0 Å². The summed E-state index contributed by atoms with van der Waals surface area (Å²) < 4.78 is 12.3. The molecule has 0 amide bonds. The van der Waals surface area contributed by atoms with Crippen LogP contribution in [-0.2, 0) is 16.1 Å². The molecule has 2 saturated heterocycles. The SMILES string of the molecule is c1cc(COCC23CCCOC2CCN(c2ccncn2)C3)ccn1. The Bertz CT molecular complexity index is 670. The van der Waals surface area contributed by atoms with Crippen molar-refractivity contribution in [3.05, 3.63) is 48.7 Å². The number of ether oxygens (including phenoxy) is 2. The van der Waals surface area contributed by atoms with Gasteiger partial charge in [-0.15, -0.1) is 0 Å². The van der Waals surface area contributed by atoms with E-state index in [4.69, 9.17) is 9.47 Å². The Morgan fingerprint density at radius 3 is 2.92 bits per heavy atom. The summed E-state index contributed by atoms with van der Waals surface area (Å²) in [6, 6.07) is 5.98. The molecular formula is C19H24N4O2. The van der Waals surface area contributed by atoms with E-state index < -0.39 is 0 Å². The zero-order valence-corrected chi connectivity index (χ0v) is 14.4. The Morgan fingerprint density at radius 2 is 2.08 bits per heavy atom. The van der Waals surface area contributed by atoms with E-state index in [2.05, 4.69) is 19.9 Å². The fourth-order valence-electron chi connectivity index (χ4n) is 4.02. The largest absolute Gasteiger partial charge is 0.377 e. The van der Waals surface area contributed by atoms with Crippen molar-refractivity contribution in [2.75, 3.05) is 31.2 Å². The predicted octanol–water partition coefficient (Wildman–Crippen LogP) is 2.46. The van der Waals surface area contributed by atoms with Crippen molar-refractivity contribution in [3.8, 4) is 0 Å². The average molecular weight is 340 g/mol. The molecule has 2 aliphatic rings. The first-order chi connectivity index (χ1) is 12.4. The fourth-order valence-corrected chi connectivity index (χ4v) is 4.02. The second-order valence-corrected chi connectivity index (χ2v) is 6.95. The molecule has 25 heavy (non-hydrogen) atoms. The van der Waals surface area contributed by atoms with Crippen LogP contribution in [0.15, 0.2) is 43.1 Å². The lowest BCUT2D eigenvalue weighted by molar-refractivity contribution is -0.127. The molecule has 6 heteroatoms. The second-order valence-electron chi connectivity index (χ2n) is 6.95. The summed E-state index contributed by atoms with van der Waals surface area (Å²) in [4.78, 5) is 14.9. The van der Waals surface area contributed by atoms with E-state index in [9.17, 15) is 0 Å². The van der Waals surface area contributed by atoms with Crippen LogP contribution in [0.25, 0.3) is 0 Å². The minimum absolute atomic E-state index is 0.0362. The minimum atomic E-state index is 0.0362. The molecule has 0 saturated carbocycles. The van der Waals surface area contributed by atoms with Gasteiger partial charge < -0.3 is 14.4 Å². The smallest absolute Gasteiger partial charge is 0.131 e. The number of pyridine rings is 1. The number of aromatic nitrogens is 3. The molecule has 0 aliphatic carbocycles. The van der Waals surface area contributed by atoms with Gasteiger partial charge in [0.2, 0.25) is 0 Å². The number of anilines is 1. The Balaban J connectivity index is 1.46. The lowest BCUT2D eigenvalue weighted by atomic mass is 9.73. The molecule has 0 N–H and O–H groups in total. The van der Waals surface area contributed by atoms with Crippen molar-refractivity contribution >= 4 is 5.82 Å². The molecule has 2 unspecified atom stereocenters. The van der Waals surface area contributed by atoms with Crippen LogP contribution in [-0.4, -0.2) is 47.4 Å². The van der Waals surface area contributed by atoms with Crippen LogP contribution < -0.4 is 4.90 Å². The highest BCUT2D eigenvalue weighted by molar-refractivity contribution is 5.38. The first-order valence-electron chi connectivity index (χ1n) is 8.95. The molecule has 132 valence electrons. The van der Waals surface area contributed by atoms with Gasteiger partial charge in [-0.25, -0.2) is 9.97 Å². The Labute approximate surface area is 148 Å². The highest BCUT2D eigenvalue weighted by atomic mass is 16.5. The van der Waals surface area contributed by atoms with Gasteiger partial charge >= 0.3 is 0 Å². The molecule has 0 aromatic carbocycles. The van der Waals surface area contributed by atoms with Gasteiger partial charge in [-0.2, -0.15) is 0 Å². The Kier molecular flexibility index (Phi) is 4.90. The van der Waals surface area contributed by atoms with Crippen molar-refractivity contribution in [2.45, 2.75) is 32.0 Å². The summed E-state index contributed by atoms with van der Waals surface area (Å²) in [6.45, 7) is 4.08. The molecule has 2 aliphatic heterocycles. The Morgan fingerprint density at radius 1 is 1.20 bits per heavy atom. The molecule has 2 atom stereocenters. The van der Waals surface area contributed by atoms with Gasteiger partial charge in [0.05, 0.1) is 19.3 Å². The van der Waals surface area contributed by atoms with E-state index in [1.54, 1.807) is 24.9 Å². The highest BCUT2D eigenvalue weighted by Crippen LogP contribution is 2.41. The first kappa shape index (κ1) is 16.4. The van der Waals surface area contributed by atoms with Gasteiger partial charge in [-0.05, 0) is 43.0 Å². The number of hydrogen-bond donors (Lipinski definition) is 0. The van der Waals surface area contributed by atoms with Crippen LogP contribution in [0.1, 0.15) is 24.8 Å². The molecule has 6 nitrogen and oxygen atoms in total. The summed E-state index contributed by atoms with van der Waals surface area (Å²) in [5.74, 6) is 0.993. The van der Waals surface area contributed by atoms with Crippen LogP contribution >= 0.6 is 0 Å². The molecule has 0 radical (unpaired) electrons. The van der Waals surface area contributed by atoms with Crippen molar-refractivity contribution < 1.29 is 9.47 Å². The van der Waals surface area contributed by atoms with E-state index in [1.807, 2.05) is 18.2 Å². The number of fused-ring (bicyclic) bond motifs is 1. The molecule has 0 bridgehead atoms. The van der Waals surface area contributed by atoms with Crippen LogP contribution in [0, 0.1) is 5.41 Å².